The predicted molar refractivity (Wildman–Crippen MR) is 118 cm³/mol. The molecule has 3 N–H and O–H groups in total. The Balaban J connectivity index is 1.46. The molecule has 0 saturated heterocycles. The fraction of sp³-hybridized carbons (Fsp3) is 0. The van der Waals surface area contributed by atoms with E-state index >= 15 is 0 Å². The zero-order valence-corrected chi connectivity index (χ0v) is 17.0. The first-order chi connectivity index (χ1) is 14.6. The van der Waals surface area contributed by atoms with Crippen LogP contribution in [0.2, 0.25) is 0 Å². The molecule has 0 saturated carbocycles. The molecule has 2 aromatic heterocycles. The molecule has 30 heavy (non-hydrogen) atoms. The number of carbonyl (C=O) groups is 1. The Bertz CT molecular complexity index is 1440. The highest BCUT2D eigenvalue weighted by Crippen LogP contribution is 2.37. The van der Waals surface area contributed by atoms with Crippen LogP contribution in [0.4, 0.5) is 5.69 Å². The number of aromatic nitrogens is 3. The van der Waals surface area contributed by atoms with Gasteiger partial charge in [-0.25, -0.2) is 4.98 Å². The Morgan fingerprint density at radius 3 is 2.63 bits per heavy atom. The fourth-order valence-electron chi connectivity index (χ4n) is 3.27. The Labute approximate surface area is 178 Å². The third-order valence-electron chi connectivity index (χ3n) is 4.73. The first kappa shape index (κ1) is 18.3. The minimum absolute atomic E-state index is 0.142. The van der Waals surface area contributed by atoms with Crippen molar-refractivity contribution >= 4 is 49.5 Å². The summed E-state index contributed by atoms with van der Waals surface area (Å²) in [7, 11) is 0. The summed E-state index contributed by atoms with van der Waals surface area (Å²) in [4.78, 5) is 23.2. The van der Waals surface area contributed by atoms with Gasteiger partial charge in [-0.15, -0.1) is 10.2 Å². The fourth-order valence-corrected chi connectivity index (χ4v) is 3.63. The van der Waals surface area contributed by atoms with Gasteiger partial charge in [-0.1, -0.05) is 46.3 Å². The molecule has 2 heterocycles. The van der Waals surface area contributed by atoms with Crippen LogP contribution in [-0.4, -0.2) is 26.0 Å². The maximum Gasteiger partial charge on any atom is 0.295 e. The lowest BCUT2D eigenvalue weighted by molar-refractivity contribution is 0.0995. The average Bonchev–Trinajstić information content (AvgIpc) is 3.32. The number of hydrogen-bond acceptors (Lipinski definition) is 4. The first-order valence-corrected chi connectivity index (χ1v) is 9.89. The third kappa shape index (κ3) is 3.27. The number of halogens is 1. The molecular weight excluding hydrogens is 446 g/mol. The zero-order chi connectivity index (χ0) is 20.7. The van der Waals surface area contributed by atoms with Gasteiger partial charge in [0.2, 0.25) is 5.88 Å². The standard InChI is InChI=1S/C22H14BrN5O2/c23-14-7-9-16-15(11-14)19(22(30)26-16)27-28-21(29)13-6-8-17-18(10-13)25-20(24-17)12-4-2-1-3-5-12/h1-11,26,30H,(H,24,25). The largest absolute Gasteiger partial charge is 0.493 e. The van der Waals surface area contributed by atoms with Gasteiger partial charge in [0.15, 0.2) is 5.69 Å². The van der Waals surface area contributed by atoms with E-state index < -0.39 is 5.91 Å². The summed E-state index contributed by atoms with van der Waals surface area (Å²) in [5.74, 6) is 0.0683. The molecule has 0 aliphatic rings. The van der Waals surface area contributed by atoms with E-state index in [1.54, 1.807) is 30.3 Å². The summed E-state index contributed by atoms with van der Waals surface area (Å²) in [5, 5.41) is 18.6. The molecule has 5 rings (SSSR count). The van der Waals surface area contributed by atoms with E-state index in [1.807, 2.05) is 36.4 Å². The molecule has 0 radical (unpaired) electrons. The molecule has 0 aliphatic heterocycles. The van der Waals surface area contributed by atoms with Gasteiger partial charge in [0.25, 0.3) is 5.91 Å². The van der Waals surface area contributed by atoms with Crippen molar-refractivity contribution in [3.05, 3.63) is 76.8 Å². The van der Waals surface area contributed by atoms with Gasteiger partial charge in [-0.2, -0.15) is 0 Å². The van der Waals surface area contributed by atoms with Gasteiger partial charge < -0.3 is 15.1 Å². The monoisotopic (exact) mass is 459 g/mol. The Kier molecular flexibility index (Phi) is 4.40. The van der Waals surface area contributed by atoms with E-state index in [9.17, 15) is 9.90 Å². The van der Waals surface area contributed by atoms with Crippen LogP contribution in [-0.2, 0) is 0 Å². The van der Waals surface area contributed by atoms with Gasteiger partial charge in [-0.05, 0) is 36.4 Å². The van der Waals surface area contributed by atoms with Crippen molar-refractivity contribution in [1.29, 1.82) is 0 Å². The van der Waals surface area contributed by atoms with Crippen LogP contribution in [0.25, 0.3) is 33.3 Å². The van der Waals surface area contributed by atoms with E-state index in [0.717, 1.165) is 26.9 Å². The molecular formula is C22H14BrN5O2. The SMILES string of the molecule is O=C(N=Nc1c(O)[nH]c2ccc(Br)cc12)c1ccc2nc(-c3ccccc3)[nH]c2c1. The average molecular weight is 460 g/mol. The van der Waals surface area contributed by atoms with E-state index in [4.69, 9.17) is 0 Å². The summed E-state index contributed by atoms with van der Waals surface area (Å²) < 4.78 is 0.829. The number of amides is 1. The number of aromatic amines is 2. The van der Waals surface area contributed by atoms with Crippen LogP contribution < -0.4 is 0 Å². The number of imidazole rings is 1. The molecule has 0 aliphatic carbocycles. The quantitative estimate of drug-likeness (QED) is 0.283. The van der Waals surface area contributed by atoms with Crippen LogP contribution in [0, 0.1) is 0 Å². The predicted octanol–water partition coefficient (Wildman–Crippen LogP) is 6.10. The van der Waals surface area contributed by atoms with E-state index in [2.05, 4.69) is 41.1 Å². The molecule has 0 fully saturated rings. The lowest BCUT2D eigenvalue weighted by Crippen LogP contribution is -1.93. The van der Waals surface area contributed by atoms with Crippen LogP contribution in [0.5, 0.6) is 5.88 Å². The van der Waals surface area contributed by atoms with Crippen molar-refractivity contribution < 1.29 is 9.90 Å². The maximum atomic E-state index is 12.6. The van der Waals surface area contributed by atoms with Crippen molar-refractivity contribution in [2.75, 3.05) is 0 Å². The lowest BCUT2D eigenvalue weighted by atomic mass is 10.2. The van der Waals surface area contributed by atoms with E-state index in [1.165, 1.54) is 0 Å². The second-order valence-corrected chi connectivity index (χ2v) is 7.62. The van der Waals surface area contributed by atoms with E-state index in [0.29, 0.717) is 16.5 Å². The van der Waals surface area contributed by atoms with Crippen molar-refractivity contribution in [3.63, 3.8) is 0 Å². The van der Waals surface area contributed by atoms with Crippen LogP contribution in [0.3, 0.4) is 0 Å². The molecule has 5 aromatic rings. The number of rotatable bonds is 3. The summed E-state index contributed by atoms with van der Waals surface area (Å²) in [6.45, 7) is 0. The highest BCUT2D eigenvalue weighted by atomic mass is 79.9. The number of carbonyl (C=O) groups excluding carboxylic acids is 1. The minimum atomic E-state index is -0.517. The Hall–Kier alpha value is -3.78. The number of hydrogen-bond donors (Lipinski definition) is 3. The number of azo groups is 1. The molecule has 146 valence electrons. The zero-order valence-electron chi connectivity index (χ0n) is 15.4. The maximum absolute atomic E-state index is 12.6. The van der Waals surface area contributed by atoms with Crippen LogP contribution in [0.15, 0.2) is 81.4 Å². The molecule has 0 unspecified atom stereocenters. The molecule has 0 atom stereocenters. The molecule has 7 nitrogen and oxygen atoms in total. The van der Waals surface area contributed by atoms with E-state index in [-0.39, 0.29) is 11.6 Å². The highest BCUT2D eigenvalue weighted by Gasteiger charge is 2.13. The van der Waals surface area contributed by atoms with Crippen molar-refractivity contribution in [2.45, 2.75) is 0 Å². The van der Waals surface area contributed by atoms with Crippen molar-refractivity contribution in [1.82, 2.24) is 15.0 Å². The summed E-state index contributed by atoms with van der Waals surface area (Å²) >= 11 is 3.39. The number of benzene rings is 3. The Morgan fingerprint density at radius 1 is 0.967 bits per heavy atom. The summed E-state index contributed by atoms with van der Waals surface area (Å²) in [6, 6.07) is 20.3. The normalized spacial score (nSPS) is 11.6. The minimum Gasteiger partial charge on any atom is -0.493 e. The highest BCUT2D eigenvalue weighted by molar-refractivity contribution is 9.10. The van der Waals surface area contributed by atoms with Crippen LogP contribution in [0.1, 0.15) is 10.4 Å². The molecule has 0 bridgehead atoms. The topological polar surface area (TPSA) is 106 Å². The number of H-pyrrole nitrogens is 2. The number of nitrogens with one attached hydrogen (secondary N) is 2. The van der Waals surface area contributed by atoms with Gasteiger partial charge >= 0.3 is 0 Å². The second kappa shape index (κ2) is 7.23. The molecule has 3 aromatic carbocycles. The number of aromatic hydroxyl groups is 1. The van der Waals surface area contributed by atoms with Crippen molar-refractivity contribution in [3.8, 4) is 17.3 Å². The number of fused-ring (bicyclic) bond motifs is 2. The molecule has 8 heteroatoms. The van der Waals surface area contributed by atoms with Gasteiger partial charge in [0.1, 0.15) is 5.82 Å². The Morgan fingerprint density at radius 2 is 1.80 bits per heavy atom. The number of nitrogens with zero attached hydrogens (tertiary/aromatic N) is 3. The third-order valence-corrected chi connectivity index (χ3v) is 5.22. The van der Waals surface area contributed by atoms with Crippen molar-refractivity contribution in [2.24, 2.45) is 10.2 Å². The summed E-state index contributed by atoms with van der Waals surface area (Å²) in [5.41, 5.74) is 3.73. The van der Waals surface area contributed by atoms with Crippen LogP contribution >= 0.6 is 15.9 Å². The molecule has 0 spiro atoms. The summed E-state index contributed by atoms with van der Waals surface area (Å²) in [6.07, 6.45) is 0. The smallest absolute Gasteiger partial charge is 0.295 e. The lowest BCUT2D eigenvalue weighted by Gasteiger charge is -1.96. The van der Waals surface area contributed by atoms with Gasteiger partial charge in [-0.3, -0.25) is 4.79 Å². The second-order valence-electron chi connectivity index (χ2n) is 6.70. The first-order valence-electron chi connectivity index (χ1n) is 9.10. The van der Waals surface area contributed by atoms with Gasteiger partial charge in [0, 0.05) is 21.0 Å². The molecule has 1 amide bonds. The van der Waals surface area contributed by atoms with Gasteiger partial charge in [0.05, 0.1) is 16.6 Å².